The summed E-state index contributed by atoms with van der Waals surface area (Å²) in [4.78, 5) is 2.63. The molecular weight excluding hydrogens is 172 g/mol. The van der Waals surface area contributed by atoms with Crippen molar-refractivity contribution >= 4 is 0 Å². The van der Waals surface area contributed by atoms with E-state index in [0.29, 0.717) is 0 Å². The SMILES string of the molecule is CNCC1CCN(CC(C)C(C)C)C1. The maximum Gasteiger partial charge on any atom is 0.00224 e. The summed E-state index contributed by atoms with van der Waals surface area (Å²) in [6.45, 7) is 12.1. The molecule has 1 N–H and O–H groups in total. The predicted octanol–water partition coefficient (Wildman–Crippen LogP) is 1.82. The number of hydrogen-bond donors (Lipinski definition) is 1. The van der Waals surface area contributed by atoms with Gasteiger partial charge in [0.1, 0.15) is 0 Å². The van der Waals surface area contributed by atoms with Gasteiger partial charge >= 0.3 is 0 Å². The summed E-state index contributed by atoms with van der Waals surface area (Å²) in [5.74, 6) is 2.54. The van der Waals surface area contributed by atoms with E-state index in [4.69, 9.17) is 0 Å². The van der Waals surface area contributed by atoms with Crippen LogP contribution in [0.15, 0.2) is 0 Å². The van der Waals surface area contributed by atoms with Crippen LogP contribution >= 0.6 is 0 Å². The molecule has 0 bridgehead atoms. The molecule has 1 heterocycles. The van der Waals surface area contributed by atoms with Gasteiger partial charge in [0.05, 0.1) is 0 Å². The van der Waals surface area contributed by atoms with Gasteiger partial charge in [-0.1, -0.05) is 20.8 Å². The van der Waals surface area contributed by atoms with E-state index in [1.54, 1.807) is 0 Å². The summed E-state index contributed by atoms with van der Waals surface area (Å²) in [5.41, 5.74) is 0. The Kier molecular flexibility index (Phi) is 4.90. The third-order valence-electron chi connectivity index (χ3n) is 3.55. The summed E-state index contributed by atoms with van der Waals surface area (Å²) in [6.07, 6.45) is 1.38. The van der Waals surface area contributed by atoms with Crippen LogP contribution in [0.5, 0.6) is 0 Å². The number of nitrogens with zero attached hydrogens (tertiary/aromatic N) is 1. The Morgan fingerprint density at radius 3 is 2.64 bits per heavy atom. The van der Waals surface area contributed by atoms with Crippen LogP contribution in [0.4, 0.5) is 0 Å². The van der Waals surface area contributed by atoms with Crippen molar-refractivity contribution in [2.24, 2.45) is 17.8 Å². The lowest BCUT2D eigenvalue weighted by molar-refractivity contribution is 0.243. The fourth-order valence-electron chi connectivity index (χ4n) is 2.15. The van der Waals surface area contributed by atoms with Gasteiger partial charge in [-0.2, -0.15) is 0 Å². The predicted molar refractivity (Wildman–Crippen MR) is 62.5 cm³/mol. The molecule has 0 saturated carbocycles. The first-order valence-electron chi connectivity index (χ1n) is 6.00. The van der Waals surface area contributed by atoms with Gasteiger partial charge in [-0.25, -0.2) is 0 Å². The summed E-state index contributed by atoms with van der Waals surface area (Å²) in [7, 11) is 2.05. The number of hydrogen-bond acceptors (Lipinski definition) is 2. The van der Waals surface area contributed by atoms with E-state index in [0.717, 1.165) is 17.8 Å². The molecule has 0 spiro atoms. The van der Waals surface area contributed by atoms with Crippen LogP contribution in [0.25, 0.3) is 0 Å². The second-order valence-electron chi connectivity index (χ2n) is 5.19. The van der Waals surface area contributed by atoms with Crippen LogP contribution in [0, 0.1) is 17.8 Å². The van der Waals surface area contributed by atoms with Gasteiger partial charge in [0.25, 0.3) is 0 Å². The average Bonchev–Trinajstić information content (AvgIpc) is 2.53. The molecule has 0 aromatic rings. The van der Waals surface area contributed by atoms with Gasteiger partial charge in [0.15, 0.2) is 0 Å². The van der Waals surface area contributed by atoms with Gasteiger partial charge < -0.3 is 10.2 Å². The van der Waals surface area contributed by atoms with Crippen molar-refractivity contribution in [2.75, 3.05) is 33.2 Å². The first-order chi connectivity index (χ1) is 6.63. The molecule has 84 valence electrons. The van der Waals surface area contributed by atoms with E-state index < -0.39 is 0 Å². The molecule has 1 saturated heterocycles. The van der Waals surface area contributed by atoms with Crippen LogP contribution in [-0.2, 0) is 0 Å². The highest BCUT2D eigenvalue weighted by Gasteiger charge is 2.23. The quantitative estimate of drug-likeness (QED) is 0.725. The molecule has 2 unspecified atom stereocenters. The Labute approximate surface area is 89.1 Å². The van der Waals surface area contributed by atoms with Gasteiger partial charge in [-0.15, -0.1) is 0 Å². The standard InChI is InChI=1S/C12H26N2/c1-10(2)11(3)8-14-6-5-12(9-14)7-13-4/h10-13H,5-9H2,1-4H3. The van der Waals surface area contributed by atoms with Crippen LogP contribution in [0.2, 0.25) is 0 Å². The monoisotopic (exact) mass is 198 g/mol. The van der Waals surface area contributed by atoms with E-state index in [-0.39, 0.29) is 0 Å². The maximum absolute atomic E-state index is 3.28. The van der Waals surface area contributed by atoms with Gasteiger partial charge in [0, 0.05) is 13.1 Å². The smallest absolute Gasteiger partial charge is 0.00224 e. The van der Waals surface area contributed by atoms with Crippen molar-refractivity contribution in [3.05, 3.63) is 0 Å². The Hall–Kier alpha value is -0.0800. The maximum atomic E-state index is 3.28. The summed E-state index contributed by atoms with van der Waals surface area (Å²) in [5, 5.41) is 3.28. The van der Waals surface area contributed by atoms with E-state index in [1.165, 1.54) is 32.6 Å². The highest BCUT2D eigenvalue weighted by molar-refractivity contribution is 4.78. The largest absolute Gasteiger partial charge is 0.319 e. The highest BCUT2D eigenvalue weighted by Crippen LogP contribution is 2.19. The fraction of sp³-hybridized carbons (Fsp3) is 1.00. The van der Waals surface area contributed by atoms with Crippen LogP contribution in [-0.4, -0.2) is 38.1 Å². The Morgan fingerprint density at radius 1 is 1.36 bits per heavy atom. The minimum Gasteiger partial charge on any atom is -0.319 e. The molecule has 0 radical (unpaired) electrons. The Balaban J connectivity index is 2.21. The molecule has 0 amide bonds. The third kappa shape index (κ3) is 3.58. The minimum atomic E-state index is 0.818. The molecule has 1 fully saturated rings. The Bertz CT molecular complexity index is 156. The van der Waals surface area contributed by atoms with Gasteiger partial charge in [-0.3, -0.25) is 0 Å². The van der Waals surface area contributed by atoms with Gasteiger partial charge in [0.2, 0.25) is 0 Å². The van der Waals surface area contributed by atoms with E-state index in [9.17, 15) is 0 Å². The van der Waals surface area contributed by atoms with E-state index in [2.05, 4.69) is 38.0 Å². The van der Waals surface area contributed by atoms with Crippen molar-refractivity contribution in [1.82, 2.24) is 10.2 Å². The van der Waals surface area contributed by atoms with Crippen molar-refractivity contribution in [3.63, 3.8) is 0 Å². The topological polar surface area (TPSA) is 15.3 Å². The van der Waals surface area contributed by atoms with Gasteiger partial charge in [-0.05, 0) is 44.3 Å². The fourth-order valence-corrected chi connectivity index (χ4v) is 2.15. The molecule has 1 rings (SSSR count). The molecule has 14 heavy (non-hydrogen) atoms. The van der Waals surface area contributed by atoms with E-state index in [1.807, 2.05) is 0 Å². The molecule has 1 aliphatic heterocycles. The molecule has 0 aromatic heterocycles. The number of nitrogens with one attached hydrogen (secondary N) is 1. The zero-order valence-corrected chi connectivity index (χ0v) is 10.2. The third-order valence-corrected chi connectivity index (χ3v) is 3.55. The molecule has 2 atom stereocenters. The molecule has 0 aromatic carbocycles. The molecule has 1 aliphatic rings. The minimum absolute atomic E-state index is 0.818. The highest BCUT2D eigenvalue weighted by atomic mass is 15.1. The molecule has 2 nitrogen and oxygen atoms in total. The summed E-state index contributed by atoms with van der Waals surface area (Å²) < 4.78 is 0. The molecule has 2 heteroatoms. The zero-order valence-electron chi connectivity index (χ0n) is 10.2. The van der Waals surface area contributed by atoms with Crippen molar-refractivity contribution in [3.8, 4) is 0 Å². The molecular formula is C12H26N2. The first-order valence-corrected chi connectivity index (χ1v) is 6.00. The average molecular weight is 198 g/mol. The number of rotatable bonds is 5. The Morgan fingerprint density at radius 2 is 2.07 bits per heavy atom. The lowest BCUT2D eigenvalue weighted by Crippen LogP contribution is -2.30. The normalized spacial score (nSPS) is 25.9. The zero-order chi connectivity index (χ0) is 10.6. The molecule has 0 aliphatic carbocycles. The first kappa shape index (κ1) is 12.0. The van der Waals surface area contributed by atoms with Crippen LogP contribution < -0.4 is 5.32 Å². The second kappa shape index (κ2) is 5.72. The summed E-state index contributed by atoms with van der Waals surface area (Å²) >= 11 is 0. The lowest BCUT2D eigenvalue weighted by atomic mass is 9.98. The second-order valence-corrected chi connectivity index (χ2v) is 5.19. The van der Waals surface area contributed by atoms with Crippen molar-refractivity contribution in [1.29, 1.82) is 0 Å². The summed E-state index contributed by atoms with van der Waals surface area (Å²) in [6, 6.07) is 0. The van der Waals surface area contributed by atoms with Crippen LogP contribution in [0.3, 0.4) is 0 Å². The lowest BCUT2D eigenvalue weighted by Gasteiger charge is -2.23. The van der Waals surface area contributed by atoms with Crippen LogP contribution in [0.1, 0.15) is 27.2 Å². The van der Waals surface area contributed by atoms with E-state index >= 15 is 0 Å². The van der Waals surface area contributed by atoms with Crippen molar-refractivity contribution in [2.45, 2.75) is 27.2 Å². The number of likely N-dealkylation sites (tertiary alicyclic amines) is 1. The van der Waals surface area contributed by atoms with Crippen molar-refractivity contribution < 1.29 is 0 Å².